The molecule has 0 aliphatic carbocycles. The van der Waals surface area contributed by atoms with Crippen molar-refractivity contribution < 1.29 is 18.3 Å². The number of hydrogen-bond donors (Lipinski definition) is 1. The van der Waals surface area contributed by atoms with Gasteiger partial charge < -0.3 is 19.0 Å². The SMILES string of the molecule is Cc1nnc(-c2c(CCC3CCOCC3)nc3c(c2-c2cnc4c(ccn4Cc4ccc(C#N)c(F)c4)c2)C(=O)N[C@H]3C(C)C)o1. The molecule has 0 spiro atoms. The van der Waals surface area contributed by atoms with Crippen molar-refractivity contribution in [3.63, 3.8) is 0 Å². The van der Waals surface area contributed by atoms with E-state index in [0.29, 0.717) is 58.6 Å². The van der Waals surface area contributed by atoms with Crippen molar-refractivity contribution in [2.24, 2.45) is 11.8 Å². The molecule has 6 heterocycles. The van der Waals surface area contributed by atoms with Gasteiger partial charge in [-0.15, -0.1) is 10.2 Å². The van der Waals surface area contributed by atoms with Crippen molar-refractivity contribution in [1.29, 1.82) is 5.26 Å². The molecule has 1 fully saturated rings. The molecule has 1 aromatic carbocycles. The summed E-state index contributed by atoms with van der Waals surface area (Å²) in [5.41, 5.74) is 5.59. The zero-order valence-electron chi connectivity index (χ0n) is 26.0. The number of hydrogen-bond acceptors (Lipinski definition) is 8. The van der Waals surface area contributed by atoms with E-state index in [1.807, 2.05) is 29.0 Å². The maximum atomic E-state index is 14.3. The van der Waals surface area contributed by atoms with Gasteiger partial charge in [-0.2, -0.15) is 5.26 Å². The molecule has 4 aromatic heterocycles. The minimum atomic E-state index is -0.548. The molecule has 7 rings (SSSR count). The van der Waals surface area contributed by atoms with Crippen LogP contribution in [0.1, 0.15) is 77.9 Å². The number of fused-ring (bicyclic) bond motifs is 2. The summed E-state index contributed by atoms with van der Waals surface area (Å²) in [6, 6.07) is 10.2. The summed E-state index contributed by atoms with van der Waals surface area (Å²) in [6.07, 6.45) is 7.30. The molecule has 11 heteroatoms. The first-order chi connectivity index (χ1) is 22.3. The highest BCUT2D eigenvalue weighted by atomic mass is 19.1. The number of amides is 1. The van der Waals surface area contributed by atoms with Crippen molar-refractivity contribution in [2.75, 3.05) is 13.2 Å². The quantitative estimate of drug-likeness (QED) is 0.214. The number of aryl methyl sites for hydroxylation is 2. The number of carbonyl (C=O) groups is 1. The molecule has 0 radical (unpaired) electrons. The molecule has 5 aromatic rings. The van der Waals surface area contributed by atoms with E-state index in [2.05, 4.69) is 29.4 Å². The maximum absolute atomic E-state index is 14.3. The molecule has 0 bridgehead atoms. The second-order valence-electron chi connectivity index (χ2n) is 12.5. The number of halogens is 1. The van der Waals surface area contributed by atoms with E-state index in [1.54, 1.807) is 19.2 Å². The smallest absolute Gasteiger partial charge is 0.254 e. The average Bonchev–Trinajstić information content (AvgIpc) is 3.76. The van der Waals surface area contributed by atoms with Crippen LogP contribution in [0.2, 0.25) is 0 Å². The standard InChI is InChI=1S/C35H34FN7O3/c1-19(2)31-32-30(34(44)40-31)28(29(35-42-41-20(3)46-35)27(39-32)7-5-21-9-12-45-13-10-21)25-15-23-8-11-43(33(23)38-17-25)18-22-4-6-24(16-37)26(36)14-22/h4,6,8,11,14-15,17,19,21,31H,5,7,9-10,12-13,18H2,1-3H3,(H,40,44)/t31-/m0/s1. The fourth-order valence-corrected chi connectivity index (χ4v) is 6.63. The Bertz CT molecular complexity index is 2000. The van der Waals surface area contributed by atoms with Gasteiger partial charge in [0.25, 0.3) is 5.91 Å². The zero-order valence-corrected chi connectivity index (χ0v) is 26.0. The lowest BCUT2D eigenvalue weighted by atomic mass is 9.88. The maximum Gasteiger partial charge on any atom is 0.254 e. The summed E-state index contributed by atoms with van der Waals surface area (Å²) in [5, 5.41) is 21.7. The third kappa shape index (κ3) is 5.43. The van der Waals surface area contributed by atoms with Crippen LogP contribution >= 0.6 is 0 Å². The van der Waals surface area contributed by atoms with Gasteiger partial charge in [-0.05, 0) is 67.3 Å². The number of rotatable bonds is 8. The van der Waals surface area contributed by atoms with E-state index in [1.165, 1.54) is 12.1 Å². The lowest BCUT2D eigenvalue weighted by Gasteiger charge is -2.23. The van der Waals surface area contributed by atoms with Crippen LogP contribution in [0.3, 0.4) is 0 Å². The highest BCUT2D eigenvalue weighted by molar-refractivity contribution is 6.08. The molecule has 2 aliphatic heterocycles. The van der Waals surface area contributed by atoms with Gasteiger partial charge in [0.1, 0.15) is 17.5 Å². The summed E-state index contributed by atoms with van der Waals surface area (Å²) >= 11 is 0. The molecule has 0 saturated carbocycles. The third-order valence-electron chi connectivity index (χ3n) is 9.04. The van der Waals surface area contributed by atoms with Gasteiger partial charge >= 0.3 is 0 Å². The van der Waals surface area contributed by atoms with Gasteiger partial charge in [0.15, 0.2) is 0 Å². The van der Waals surface area contributed by atoms with Crippen LogP contribution in [-0.2, 0) is 17.7 Å². The first-order valence-corrected chi connectivity index (χ1v) is 15.7. The first-order valence-electron chi connectivity index (χ1n) is 15.7. The Kier molecular flexibility index (Phi) is 7.82. The summed E-state index contributed by atoms with van der Waals surface area (Å²) in [7, 11) is 0. The number of nitrogens with zero attached hydrogens (tertiary/aromatic N) is 6. The average molecular weight is 620 g/mol. The van der Waals surface area contributed by atoms with E-state index < -0.39 is 5.82 Å². The molecule has 1 atom stereocenters. The minimum Gasteiger partial charge on any atom is -0.421 e. The third-order valence-corrected chi connectivity index (χ3v) is 9.04. The topological polar surface area (TPSA) is 132 Å². The minimum absolute atomic E-state index is 0.0110. The van der Waals surface area contributed by atoms with Gasteiger partial charge in [-0.3, -0.25) is 9.78 Å². The molecule has 234 valence electrons. The number of nitriles is 1. The summed E-state index contributed by atoms with van der Waals surface area (Å²) in [4.78, 5) is 23.7. The summed E-state index contributed by atoms with van der Waals surface area (Å²) in [5.74, 6) is 0.662. The van der Waals surface area contributed by atoms with Gasteiger partial charge in [0.2, 0.25) is 11.8 Å². The Morgan fingerprint density at radius 1 is 1.13 bits per heavy atom. The second kappa shape index (κ2) is 12.1. The van der Waals surface area contributed by atoms with E-state index in [0.717, 1.165) is 54.8 Å². The number of ether oxygens (including phenoxy) is 1. The molecular formula is C35H34FN7O3. The highest BCUT2D eigenvalue weighted by Crippen LogP contribution is 2.44. The fourth-order valence-electron chi connectivity index (χ4n) is 6.63. The predicted molar refractivity (Wildman–Crippen MR) is 168 cm³/mol. The van der Waals surface area contributed by atoms with Crippen molar-refractivity contribution in [2.45, 2.75) is 59.0 Å². The van der Waals surface area contributed by atoms with E-state index in [-0.39, 0.29) is 23.4 Å². The lowest BCUT2D eigenvalue weighted by molar-refractivity contribution is 0.0639. The van der Waals surface area contributed by atoms with Crippen molar-refractivity contribution in [3.05, 3.63) is 82.5 Å². The van der Waals surface area contributed by atoms with Gasteiger partial charge in [-0.1, -0.05) is 19.9 Å². The van der Waals surface area contributed by atoms with Crippen LogP contribution in [0, 0.1) is 35.9 Å². The van der Waals surface area contributed by atoms with Crippen LogP contribution in [0.25, 0.3) is 33.6 Å². The van der Waals surface area contributed by atoms with Crippen molar-refractivity contribution >= 4 is 16.9 Å². The number of benzene rings is 1. The van der Waals surface area contributed by atoms with Crippen LogP contribution in [0.5, 0.6) is 0 Å². The Morgan fingerprint density at radius 2 is 1.96 bits per heavy atom. The molecule has 2 aliphatic rings. The molecule has 0 unspecified atom stereocenters. The normalized spacial score (nSPS) is 16.6. The Labute approximate surface area is 265 Å². The zero-order chi connectivity index (χ0) is 31.9. The number of nitrogens with one attached hydrogen (secondary N) is 1. The van der Waals surface area contributed by atoms with Crippen LogP contribution in [-0.4, -0.2) is 43.9 Å². The molecule has 46 heavy (non-hydrogen) atoms. The molecule has 10 nitrogen and oxygen atoms in total. The second-order valence-corrected chi connectivity index (χ2v) is 12.5. The summed E-state index contributed by atoms with van der Waals surface area (Å²) < 4.78 is 27.9. The highest BCUT2D eigenvalue weighted by Gasteiger charge is 2.38. The number of aromatic nitrogens is 5. The monoisotopic (exact) mass is 619 g/mol. The predicted octanol–water partition coefficient (Wildman–Crippen LogP) is 6.32. The van der Waals surface area contributed by atoms with Gasteiger partial charge in [0, 0.05) is 55.6 Å². The Morgan fingerprint density at radius 3 is 2.67 bits per heavy atom. The van der Waals surface area contributed by atoms with Crippen LogP contribution < -0.4 is 5.32 Å². The molecule has 1 N–H and O–H groups in total. The number of pyridine rings is 2. The number of carbonyl (C=O) groups excluding carboxylic acids is 1. The lowest BCUT2D eigenvalue weighted by Crippen LogP contribution is -2.23. The molecule has 1 amide bonds. The molecule has 1 saturated heterocycles. The fraction of sp³-hybridized carbons (Fsp3) is 0.371. The van der Waals surface area contributed by atoms with Crippen LogP contribution in [0.4, 0.5) is 4.39 Å². The van der Waals surface area contributed by atoms with E-state index in [4.69, 9.17) is 24.4 Å². The molecular weight excluding hydrogens is 585 g/mol. The summed E-state index contributed by atoms with van der Waals surface area (Å²) in [6.45, 7) is 7.81. The van der Waals surface area contributed by atoms with E-state index in [9.17, 15) is 9.18 Å². The Hall–Kier alpha value is -4.95. The van der Waals surface area contributed by atoms with E-state index >= 15 is 0 Å². The van der Waals surface area contributed by atoms with Crippen molar-refractivity contribution in [1.82, 2.24) is 30.0 Å². The van der Waals surface area contributed by atoms with Crippen molar-refractivity contribution in [3.8, 4) is 28.7 Å². The largest absolute Gasteiger partial charge is 0.421 e. The van der Waals surface area contributed by atoms with Gasteiger partial charge in [0.05, 0.1) is 34.1 Å². The van der Waals surface area contributed by atoms with Crippen LogP contribution in [0.15, 0.2) is 47.1 Å². The first kappa shape index (κ1) is 29.7. The Balaban J connectivity index is 1.36. The van der Waals surface area contributed by atoms with Gasteiger partial charge in [-0.25, -0.2) is 9.37 Å².